The Balaban J connectivity index is 1.33. The molecule has 4 rings (SSSR count). The minimum atomic E-state index is 0.433. The summed E-state index contributed by atoms with van der Waals surface area (Å²) in [4.78, 5) is 9.43. The van der Waals surface area contributed by atoms with Gasteiger partial charge in [0.2, 0.25) is 0 Å². The van der Waals surface area contributed by atoms with E-state index in [1.54, 1.807) is 0 Å². The third-order valence-corrected chi connectivity index (χ3v) is 5.91. The smallest absolute Gasteiger partial charge is 0.193 e. The normalized spacial score (nSPS) is 20.9. The first kappa shape index (κ1) is 17.9. The van der Waals surface area contributed by atoms with Crippen molar-refractivity contribution in [2.24, 2.45) is 12.0 Å². The third-order valence-electron chi connectivity index (χ3n) is 5.91. The fourth-order valence-corrected chi connectivity index (χ4v) is 4.38. The molecule has 2 atom stereocenters. The van der Waals surface area contributed by atoms with Crippen molar-refractivity contribution in [2.75, 3.05) is 38.1 Å². The lowest BCUT2D eigenvalue weighted by Gasteiger charge is -2.29. The molecule has 2 aromatic rings. The second-order valence-electron chi connectivity index (χ2n) is 7.73. The van der Waals surface area contributed by atoms with Crippen LogP contribution in [0.1, 0.15) is 30.4 Å². The van der Waals surface area contributed by atoms with E-state index in [4.69, 9.17) is 0 Å². The van der Waals surface area contributed by atoms with Crippen LogP contribution in [0.5, 0.6) is 0 Å². The number of nitrogens with zero attached hydrogens (tertiary/aromatic N) is 5. The highest BCUT2D eigenvalue weighted by Gasteiger charge is 2.28. The molecule has 6 heteroatoms. The molecule has 6 nitrogen and oxygen atoms in total. The van der Waals surface area contributed by atoms with Crippen molar-refractivity contribution in [3.8, 4) is 0 Å². The van der Waals surface area contributed by atoms with Gasteiger partial charge in [0.25, 0.3) is 0 Å². The first-order valence-electron chi connectivity index (χ1n) is 9.94. The highest BCUT2D eigenvalue weighted by Crippen LogP contribution is 2.29. The Hall–Kier alpha value is -2.50. The molecule has 144 valence electrons. The van der Waals surface area contributed by atoms with Crippen LogP contribution in [0.3, 0.4) is 0 Å². The van der Waals surface area contributed by atoms with Crippen LogP contribution < -0.4 is 10.2 Å². The van der Waals surface area contributed by atoms with E-state index < -0.39 is 0 Å². The molecule has 1 aromatic carbocycles. The van der Waals surface area contributed by atoms with E-state index in [1.165, 1.54) is 16.8 Å². The Morgan fingerprint density at radius 1 is 1.33 bits per heavy atom. The topological polar surface area (TPSA) is 48.7 Å². The van der Waals surface area contributed by atoms with Gasteiger partial charge in [0.05, 0.1) is 6.20 Å². The minimum absolute atomic E-state index is 0.433. The zero-order chi connectivity index (χ0) is 18.8. The zero-order valence-electron chi connectivity index (χ0n) is 16.6. The number of hydrogen-bond donors (Lipinski definition) is 1. The lowest BCUT2D eigenvalue weighted by Crippen LogP contribution is -2.46. The Kier molecular flexibility index (Phi) is 5.05. The number of aliphatic imine (C=N–C) groups is 1. The standard InChI is InChI=1S/C21H30N6/c1-16(27-11-9-17-6-4-5-7-20(17)27)12-23-21(22-2)26-10-8-18(15-26)19-13-24-25(3)14-19/h4-7,13-14,16,18H,8-12,15H2,1-3H3,(H,22,23). The molecule has 1 aromatic heterocycles. The van der Waals surface area contributed by atoms with Crippen LogP contribution in [0.4, 0.5) is 5.69 Å². The lowest BCUT2D eigenvalue weighted by atomic mass is 10.0. The fraction of sp³-hybridized carbons (Fsp3) is 0.524. The quantitative estimate of drug-likeness (QED) is 0.666. The van der Waals surface area contributed by atoms with Gasteiger partial charge in [-0.1, -0.05) is 18.2 Å². The largest absolute Gasteiger partial charge is 0.366 e. The molecule has 0 saturated carbocycles. The Morgan fingerprint density at radius 2 is 2.19 bits per heavy atom. The summed E-state index contributed by atoms with van der Waals surface area (Å²) in [6.45, 7) is 6.35. The number of benzene rings is 1. The Bertz CT molecular complexity index is 811. The second kappa shape index (κ2) is 7.62. The van der Waals surface area contributed by atoms with Crippen LogP contribution in [-0.4, -0.2) is 59.9 Å². The Morgan fingerprint density at radius 3 is 2.96 bits per heavy atom. The van der Waals surface area contributed by atoms with Gasteiger partial charge in [-0.15, -0.1) is 0 Å². The third kappa shape index (κ3) is 3.66. The number of rotatable bonds is 4. The van der Waals surface area contributed by atoms with E-state index >= 15 is 0 Å². The summed E-state index contributed by atoms with van der Waals surface area (Å²) in [5.74, 6) is 1.56. The summed E-state index contributed by atoms with van der Waals surface area (Å²) in [5.41, 5.74) is 4.18. The molecule has 0 amide bonds. The van der Waals surface area contributed by atoms with E-state index in [-0.39, 0.29) is 0 Å². The van der Waals surface area contributed by atoms with Crippen LogP contribution in [-0.2, 0) is 13.5 Å². The number of likely N-dealkylation sites (tertiary alicyclic amines) is 1. The van der Waals surface area contributed by atoms with Crippen molar-refractivity contribution < 1.29 is 0 Å². The summed E-state index contributed by atoms with van der Waals surface area (Å²) in [6.07, 6.45) is 6.43. The average molecular weight is 367 g/mol. The van der Waals surface area contributed by atoms with Gasteiger partial charge in [-0.3, -0.25) is 9.67 Å². The summed E-state index contributed by atoms with van der Waals surface area (Å²) in [5, 5.41) is 7.93. The molecular weight excluding hydrogens is 336 g/mol. The van der Waals surface area contributed by atoms with Crippen LogP contribution in [0, 0.1) is 0 Å². The van der Waals surface area contributed by atoms with Gasteiger partial charge in [0, 0.05) is 64.1 Å². The molecule has 1 saturated heterocycles. The zero-order valence-corrected chi connectivity index (χ0v) is 16.6. The Labute approximate surface area is 161 Å². The molecule has 0 bridgehead atoms. The highest BCUT2D eigenvalue weighted by molar-refractivity contribution is 5.80. The van der Waals surface area contributed by atoms with Gasteiger partial charge in [0.1, 0.15) is 0 Å². The molecule has 0 radical (unpaired) electrons. The minimum Gasteiger partial charge on any atom is -0.366 e. The number of guanidine groups is 1. The van der Waals surface area contributed by atoms with E-state index in [0.717, 1.165) is 45.0 Å². The van der Waals surface area contributed by atoms with E-state index in [9.17, 15) is 0 Å². The van der Waals surface area contributed by atoms with E-state index in [2.05, 4.69) is 62.6 Å². The number of anilines is 1. The number of fused-ring (bicyclic) bond motifs is 1. The maximum absolute atomic E-state index is 4.54. The van der Waals surface area contributed by atoms with Crippen molar-refractivity contribution in [1.29, 1.82) is 0 Å². The predicted molar refractivity (Wildman–Crippen MR) is 110 cm³/mol. The van der Waals surface area contributed by atoms with Gasteiger partial charge >= 0.3 is 0 Å². The molecule has 2 aliphatic heterocycles. The summed E-state index contributed by atoms with van der Waals surface area (Å²) in [7, 11) is 3.87. The molecule has 27 heavy (non-hydrogen) atoms. The first-order chi connectivity index (χ1) is 13.2. The number of para-hydroxylation sites is 1. The van der Waals surface area contributed by atoms with Crippen LogP contribution in [0.2, 0.25) is 0 Å². The molecular formula is C21H30N6. The van der Waals surface area contributed by atoms with Gasteiger partial charge in [-0.05, 0) is 37.0 Å². The maximum Gasteiger partial charge on any atom is 0.193 e. The fourth-order valence-electron chi connectivity index (χ4n) is 4.38. The van der Waals surface area contributed by atoms with Crippen molar-refractivity contribution in [3.05, 3.63) is 47.8 Å². The number of aromatic nitrogens is 2. The molecule has 0 aliphatic carbocycles. The molecule has 2 unspecified atom stereocenters. The summed E-state index contributed by atoms with van der Waals surface area (Å²) >= 11 is 0. The lowest BCUT2D eigenvalue weighted by molar-refractivity contribution is 0.479. The summed E-state index contributed by atoms with van der Waals surface area (Å²) < 4.78 is 1.89. The average Bonchev–Trinajstić information content (AvgIpc) is 3.41. The predicted octanol–water partition coefficient (Wildman–Crippen LogP) is 2.24. The molecule has 0 spiro atoms. The second-order valence-corrected chi connectivity index (χ2v) is 7.73. The summed E-state index contributed by atoms with van der Waals surface area (Å²) in [6, 6.07) is 9.20. The van der Waals surface area contributed by atoms with Gasteiger partial charge < -0.3 is 15.1 Å². The van der Waals surface area contributed by atoms with Crippen molar-refractivity contribution in [3.63, 3.8) is 0 Å². The van der Waals surface area contributed by atoms with Crippen LogP contribution in [0.15, 0.2) is 41.7 Å². The number of aryl methyl sites for hydroxylation is 1. The first-order valence-corrected chi connectivity index (χ1v) is 9.94. The molecule has 2 aliphatic rings. The monoisotopic (exact) mass is 366 g/mol. The van der Waals surface area contributed by atoms with Crippen LogP contribution in [0.25, 0.3) is 0 Å². The van der Waals surface area contributed by atoms with E-state index in [0.29, 0.717) is 12.0 Å². The van der Waals surface area contributed by atoms with E-state index in [1.807, 2.05) is 25.0 Å². The van der Waals surface area contributed by atoms with Crippen molar-refractivity contribution >= 4 is 11.6 Å². The van der Waals surface area contributed by atoms with Crippen molar-refractivity contribution in [1.82, 2.24) is 20.0 Å². The SMILES string of the molecule is CN=C(NCC(C)N1CCc2ccccc21)N1CCC(c2cnn(C)c2)C1. The number of nitrogens with one attached hydrogen (secondary N) is 1. The maximum atomic E-state index is 4.54. The molecule has 1 fully saturated rings. The molecule has 3 heterocycles. The number of hydrogen-bond acceptors (Lipinski definition) is 3. The van der Waals surface area contributed by atoms with Crippen LogP contribution >= 0.6 is 0 Å². The highest BCUT2D eigenvalue weighted by atomic mass is 15.3. The molecule has 1 N–H and O–H groups in total. The van der Waals surface area contributed by atoms with Gasteiger partial charge in [-0.25, -0.2) is 0 Å². The van der Waals surface area contributed by atoms with Crippen molar-refractivity contribution in [2.45, 2.75) is 31.7 Å². The van der Waals surface area contributed by atoms with Gasteiger partial charge in [-0.2, -0.15) is 5.10 Å². The van der Waals surface area contributed by atoms with Gasteiger partial charge in [0.15, 0.2) is 5.96 Å².